The third-order valence-electron chi connectivity index (χ3n) is 3.14. The maximum Gasteiger partial charge on any atom is 0.354 e. The quantitative estimate of drug-likeness (QED) is 0.571. The molecule has 0 radical (unpaired) electrons. The maximum absolute atomic E-state index is 12.4. The fourth-order valence-electron chi connectivity index (χ4n) is 1.94. The Morgan fingerprint density at radius 3 is 2.20 bits per heavy atom. The molecule has 1 amide bonds. The zero-order valence-electron chi connectivity index (χ0n) is 13.2. The van der Waals surface area contributed by atoms with Crippen LogP contribution in [-0.2, 0) is 9.53 Å². The van der Waals surface area contributed by atoms with Crippen LogP contribution in [0.3, 0.4) is 0 Å². The van der Waals surface area contributed by atoms with Gasteiger partial charge in [0.25, 0.3) is 5.91 Å². The average molecular weight is 399 g/mol. The Balaban J connectivity index is 2.36. The first-order valence-electron chi connectivity index (χ1n) is 7.32. The van der Waals surface area contributed by atoms with Crippen molar-refractivity contribution in [3.63, 3.8) is 0 Å². The van der Waals surface area contributed by atoms with E-state index in [0.717, 1.165) is 0 Å². The van der Waals surface area contributed by atoms with E-state index < -0.39 is 11.9 Å². The molecule has 0 heterocycles. The summed E-state index contributed by atoms with van der Waals surface area (Å²) in [5.74, 6) is -1.18. The molecule has 0 aromatic heterocycles. The predicted octanol–water partition coefficient (Wildman–Crippen LogP) is 4.98. The lowest BCUT2D eigenvalue weighted by Gasteiger charge is -2.11. The highest BCUT2D eigenvalue weighted by Crippen LogP contribution is 2.26. The third kappa shape index (κ3) is 5.23. The number of carbonyl (C=O) groups excluding carboxylic acids is 2. The van der Waals surface area contributed by atoms with Crippen molar-refractivity contribution in [2.45, 2.75) is 6.92 Å². The molecule has 4 nitrogen and oxygen atoms in total. The highest BCUT2D eigenvalue weighted by molar-refractivity contribution is 6.37. The summed E-state index contributed by atoms with van der Waals surface area (Å²) in [7, 11) is 0. The summed E-state index contributed by atoms with van der Waals surface area (Å²) < 4.78 is 4.98. The van der Waals surface area contributed by atoms with E-state index in [1.807, 2.05) is 0 Å². The number of amides is 1. The normalized spacial score (nSPS) is 11.1. The van der Waals surface area contributed by atoms with E-state index in [2.05, 4.69) is 5.32 Å². The third-order valence-corrected chi connectivity index (χ3v) is 4.05. The highest BCUT2D eigenvalue weighted by Gasteiger charge is 2.17. The van der Waals surface area contributed by atoms with Crippen molar-refractivity contribution in [2.75, 3.05) is 6.61 Å². The van der Waals surface area contributed by atoms with E-state index >= 15 is 0 Å². The Bertz CT molecular complexity index is 797. The Labute approximate surface area is 160 Å². The summed E-state index contributed by atoms with van der Waals surface area (Å²) >= 11 is 18.0. The number of halogens is 3. The second-order valence-corrected chi connectivity index (χ2v) is 6.13. The molecule has 0 saturated heterocycles. The predicted molar refractivity (Wildman–Crippen MR) is 100.0 cm³/mol. The summed E-state index contributed by atoms with van der Waals surface area (Å²) in [6.07, 6.45) is 1.39. The van der Waals surface area contributed by atoms with Crippen LogP contribution >= 0.6 is 34.8 Å². The Morgan fingerprint density at radius 2 is 1.64 bits per heavy atom. The Kier molecular flexibility index (Phi) is 6.88. The minimum Gasteiger partial charge on any atom is -0.461 e. The van der Waals surface area contributed by atoms with E-state index in [-0.39, 0.29) is 12.3 Å². The number of ether oxygens (including phenoxy) is 1. The minimum absolute atomic E-state index is 0.0724. The SMILES string of the molecule is CCOC(=O)/C(=C/c1c(Cl)cccc1Cl)NC(=O)c1ccc(Cl)cc1. The number of carbonyl (C=O) groups is 2. The summed E-state index contributed by atoms with van der Waals surface area (Å²) in [5, 5.41) is 3.71. The largest absolute Gasteiger partial charge is 0.461 e. The van der Waals surface area contributed by atoms with E-state index in [1.165, 1.54) is 6.08 Å². The van der Waals surface area contributed by atoms with Crippen LogP contribution in [0.4, 0.5) is 0 Å². The summed E-state index contributed by atoms with van der Waals surface area (Å²) in [5.41, 5.74) is 0.673. The first kappa shape index (κ1) is 19.3. The molecule has 0 aliphatic rings. The van der Waals surface area contributed by atoms with Gasteiger partial charge < -0.3 is 10.1 Å². The summed E-state index contributed by atoms with van der Waals surface area (Å²) in [4.78, 5) is 24.5. The van der Waals surface area contributed by atoms with Gasteiger partial charge in [0.1, 0.15) is 5.70 Å². The monoisotopic (exact) mass is 397 g/mol. The van der Waals surface area contributed by atoms with Gasteiger partial charge >= 0.3 is 5.97 Å². The lowest BCUT2D eigenvalue weighted by atomic mass is 10.1. The van der Waals surface area contributed by atoms with Gasteiger partial charge in [-0.05, 0) is 49.4 Å². The molecular weight excluding hydrogens is 385 g/mol. The smallest absolute Gasteiger partial charge is 0.354 e. The van der Waals surface area contributed by atoms with Crippen molar-refractivity contribution < 1.29 is 14.3 Å². The van der Waals surface area contributed by atoms with E-state index in [0.29, 0.717) is 26.2 Å². The average Bonchev–Trinajstić information content (AvgIpc) is 2.58. The molecule has 2 aromatic rings. The number of hydrogen-bond donors (Lipinski definition) is 1. The fourth-order valence-corrected chi connectivity index (χ4v) is 2.58. The molecule has 0 spiro atoms. The fraction of sp³-hybridized carbons (Fsp3) is 0.111. The van der Waals surface area contributed by atoms with Crippen molar-refractivity contribution in [3.05, 3.63) is 74.4 Å². The second kappa shape index (κ2) is 8.90. The molecule has 0 unspecified atom stereocenters. The molecule has 0 atom stereocenters. The molecule has 0 bridgehead atoms. The molecule has 0 aliphatic carbocycles. The van der Waals surface area contributed by atoms with Crippen LogP contribution in [0.15, 0.2) is 48.2 Å². The van der Waals surface area contributed by atoms with Crippen molar-refractivity contribution in [2.24, 2.45) is 0 Å². The van der Waals surface area contributed by atoms with Crippen molar-refractivity contribution in [1.82, 2.24) is 5.32 Å². The van der Waals surface area contributed by atoms with Gasteiger partial charge in [-0.3, -0.25) is 4.79 Å². The van der Waals surface area contributed by atoms with Crippen LogP contribution in [0.5, 0.6) is 0 Å². The topological polar surface area (TPSA) is 55.4 Å². The Hall–Kier alpha value is -2.01. The number of rotatable bonds is 5. The highest BCUT2D eigenvalue weighted by atomic mass is 35.5. The zero-order chi connectivity index (χ0) is 18.4. The molecule has 25 heavy (non-hydrogen) atoms. The molecule has 0 fully saturated rings. The van der Waals surface area contributed by atoms with Gasteiger partial charge in [0.05, 0.1) is 6.61 Å². The Morgan fingerprint density at radius 1 is 1.04 bits per heavy atom. The maximum atomic E-state index is 12.4. The molecule has 2 aromatic carbocycles. The number of esters is 1. The number of hydrogen-bond acceptors (Lipinski definition) is 3. The van der Waals surface area contributed by atoms with Gasteiger partial charge in [-0.15, -0.1) is 0 Å². The number of benzene rings is 2. The zero-order valence-corrected chi connectivity index (χ0v) is 15.5. The van der Waals surface area contributed by atoms with Crippen LogP contribution in [0.25, 0.3) is 6.08 Å². The summed E-state index contributed by atoms with van der Waals surface area (Å²) in [6.45, 7) is 1.82. The first-order chi connectivity index (χ1) is 11.9. The van der Waals surface area contributed by atoms with Gasteiger partial charge in [0.2, 0.25) is 0 Å². The van der Waals surface area contributed by atoms with Gasteiger partial charge in [0.15, 0.2) is 0 Å². The van der Waals surface area contributed by atoms with Crippen LogP contribution in [-0.4, -0.2) is 18.5 Å². The summed E-state index contributed by atoms with van der Waals surface area (Å²) in [6, 6.07) is 11.2. The van der Waals surface area contributed by atoms with Crippen molar-refractivity contribution in [3.8, 4) is 0 Å². The molecule has 7 heteroatoms. The van der Waals surface area contributed by atoms with Crippen LogP contribution in [0, 0.1) is 0 Å². The molecule has 130 valence electrons. The van der Waals surface area contributed by atoms with E-state index in [9.17, 15) is 9.59 Å². The van der Waals surface area contributed by atoms with Crippen LogP contribution in [0.2, 0.25) is 15.1 Å². The van der Waals surface area contributed by atoms with Crippen molar-refractivity contribution in [1.29, 1.82) is 0 Å². The first-order valence-corrected chi connectivity index (χ1v) is 8.45. The van der Waals surface area contributed by atoms with Crippen LogP contribution in [0.1, 0.15) is 22.8 Å². The molecule has 1 N–H and O–H groups in total. The van der Waals surface area contributed by atoms with Gasteiger partial charge in [-0.25, -0.2) is 4.79 Å². The standard InChI is InChI=1S/C18H14Cl3NO3/c1-2-25-18(24)16(10-13-14(20)4-3-5-15(13)21)22-17(23)11-6-8-12(19)9-7-11/h3-10H,2H2,1H3,(H,22,23)/b16-10-. The van der Waals surface area contributed by atoms with E-state index in [1.54, 1.807) is 49.4 Å². The van der Waals surface area contributed by atoms with Gasteiger partial charge in [-0.2, -0.15) is 0 Å². The lowest BCUT2D eigenvalue weighted by Crippen LogP contribution is -2.28. The van der Waals surface area contributed by atoms with Crippen LogP contribution < -0.4 is 5.32 Å². The van der Waals surface area contributed by atoms with Gasteiger partial charge in [-0.1, -0.05) is 40.9 Å². The molecule has 0 aliphatic heterocycles. The molecule has 0 saturated carbocycles. The van der Waals surface area contributed by atoms with Crippen molar-refractivity contribution >= 4 is 52.8 Å². The van der Waals surface area contributed by atoms with Gasteiger partial charge in [0, 0.05) is 26.2 Å². The molecular formula is C18H14Cl3NO3. The second-order valence-electron chi connectivity index (χ2n) is 4.87. The minimum atomic E-state index is -0.694. The lowest BCUT2D eigenvalue weighted by molar-refractivity contribution is -0.138. The number of nitrogens with one attached hydrogen (secondary N) is 1. The molecule has 2 rings (SSSR count). The van der Waals surface area contributed by atoms with E-state index in [4.69, 9.17) is 39.5 Å².